The van der Waals surface area contributed by atoms with Gasteiger partial charge >= 0.3 is 0 Å². The van der Waals surface area contributed by atoms with E-state index in [-0.39, 0.29) is 22.2 Å². The van der Waals surface area contributed by atoms with Gasteiger partial charge in [-0.25, -0.2) is 0 Å². The Kier molecular flexibility index (Phi) is 13.4. The van der Waals surface area contributed by atoms with Crippen molar-refractivity contribution in [2.24, 2.45) is 0 Å². The van der Waals surface area contributed by atoms with E-state index < -0.39 is 18.0 Å². The SMILES string of the molecule is C1CC[NH2+]CC1.C1CC[NH2+]CC1.O=C([O-])c1ccc(Cl)cc1.[2H]c1c(Cl)ccc(C(=O)[O-])c1[2H]. The molecule has 2 heterocycles. The Balaban J connectivity index is 0.000000236. The van der Waals surface area contributed by atoms with Gasteiger partial charge in [-0.3, -0.25) is 0 Å². The molecule has 0 aromatic heterocycles. The zero-order valence-electron chi connectivity index (χ0n) is 20.1. The van der Waals surface area contributed by atoms with Gasteiger partial charge in [0.05, 0.1) is 40.9 Å². The number of hydrogen-bond donors (Lipinski definition) is 2. The molecule has 2 aromatic rings. The van der Waals surface area contributed by atoms with Crippen molar-refractivity contribution >= 4 is 35.1 Å². The summed E-state index contributed by atoms with van der Waals surface area (Å²) in [6.07, 6.45) is 8.72. The smallest absolute Gasteiger partial charge is 0.0755 e. The molecule has 0 saturated carbocycles. The van der Waals surface area contributed by atoms with E-state index in [1.807, 2.05) is 0 Å². The minimum atomic E-state index is -1.47. The molecule has 2 aliphatic heterocycles. The number of hydrogen-bond acceptors (Lipinski definition) is 4. The van der Waals surface area contributed by atoms with E-state index in [2.05, 4.69) is 10.6 Å². The number of carboxylic acid groups (broad SMARTS) is 2. The fourth-order valence-electron chi connectivity index (χ4n) is 2.87. The predicted molar refractivity (Wildman–Crippen MR) is 123 cm³/mol. The lowest BCUT2D eigenvalue weighted by Crippen LogP contribution is -2.85. The zero-order chi connectivity index (χ0) is 25.3. The molecule has 0 bridgehead atoms. The average Bonchev–Trinajstić information content (AvgIpc) is 2.86. The van der Waals surface area contributed by atoms with Crippen LogP contribution in [0.25, 0.3) is 0 Å². The second-order valence-corrected chi connectivity index (χ2v) is 8.12. The molecule has 0 spiro atoms. The molecule has 2 fully saturated rings. The van der Waals surface area contributed by atoms with Crippen LogP contribution in [0.15, 0.2) is 48.5 Å². The molecule has 0 radical (unpaired) electrons. The number of nitrogens with two attached hydrogens (primary N) is 2. The Morgan fingerprint density at radius 2 is 1.06 bits per heavy atom. The van der Waals surface area contributed by atoms with Crippen LogP contribution in [0, 0.1) is 0 Å². The van der Waals surface area contributed by atoms with Gasteiger partial charge < -0.3 is 30.4 Å². The van der Waals surface area contributed by atoms with Crippen molar-refractivity contribution in [3.05, 3.63) is 69.7 Å². The lowest BCUT2D eigenvalue weighted by atomic mass is 10.2. The molecule has 2 aromatic carbocycles. The first kappa shape index (κ1) is 24.5. The van der Waals surface area contributed by atoms with Crippen LogP contribution in [-0.2, 0) is 0 Å². The molecule has 8 heteroatoms. The number of aromatic carboxylic acids is 2. The Labute approximate surface area is 202 Å². The summed E-state index contributed by atoms with van der Waals surface area (Å²) in [5.41, 5.74) is -0.172. The molecule has 4 N–H and O–H groups in total. The molecule has 32 heavy (non-hydrogen) atoms. The molecule has 0 unspecified atom stereocenters. The number of carboxylic acids is 2. The monoisotopic (exact) mass is 484 g/mol. The number of benzene rings is 2. The number of rotatable bonds is 2. The van der Waals surface area contributed by atoms with Crippen LogP contribution >= 0.6 is 23.2 Å². The molecule has 2 aliphatic rings. The van der Waals surface area contributed by atoms with Crippen LogP contribution in [0.1, 0.15) is 62.0 Å². The van der Waals surface area contributed by atoms with Crippen LogP contribution in [0.5, 0.6) is 0 Å². The van der Waals surface area contributed by atoms with Crippen LogP contribution in [0.4, 0.5) is 0 Å². The van der Waals surface area contributed by atoms with Gasteiger partial charge in [0.25, 0.3) is 0 Å². The minimum Gasteiger partial charge on any atom is -0.545 e. The van der Waals surface area contributed by atoms with Gasteiger partial charge in [0.2, 0.25) is 0 Å². The standard InChI is InChI=1S/2C7H5ClO2.2C5H11N/c2*8-6-3-1-5(2-4-6)7(9)10;2*1-2-4-6-5-3-1/h2*1-4H,(H,9,10);2*6H,1-5H2/i1D,3D;;;. The highest BCUT2D eigenvalue weighted by atomic mass is 35.5. The van der Waals surface area contributed by atoms with Gasteiger partial charge in [-0.15, -0.1) is 0 Å². The van der Waals surface area contributed by atoms with Crippen molar-refractivity contribution in [3.8, 4) is 0 Å². The second kappa shape index (κ2) is 17.4. The first-order valence-electron chi connectivity index (χ1n) is 11.8. The molecular weight excluding hydrogens is 451 g/mol. The fourth-order valence-corrected chi connectivity index (χ4v) is 3.11. The largest absolute Gasteiger partial charge is 0.545 e. The van der Waals surface area contributed by atoms with Gasteiger partial charge in [0.1, 0.15) is 0 Å². The third-order valence-electron chi connectivity index (χ3n) is 4.65. The summed E-state index contributed by atoms with van der Waals surface area (Å²) < 4.78 is 14.3. The number of carbonyl (C=O) groups is 2. The Morgan fingerprint density at radius 3 is 1.41 bits per heavy atom. The average molecular weight is 485 g/mol. The number of halogens is 2. The van der Waals surface area contributed by atoms with Gasteiger partial charge in [-0.1, -0.05) is 47.4 Å². The maximum absolute atomic E-state index is 10.3. The van der Waals surface area contributed by atoms with Crippen LogP contribution in [0.2, 0.25) is 10.0 Å². The first-order chi connectivity index (χ1) is 16.2. The van der Waals surface area contributed by atoms with E-state index in [0.717, 1.165) is 6.07 Å². The normalized spacial score (nSPS) is 15.7. The predicted octanol–water partition coefficient (Wildman–Crippen LogP) is 0.874. The third kappa shape index (κ3) is 14.0. The lowest BCUT2D eigenvalue weighted by Gasteiger charge is -2.05. The van der Waals surface area contributed by atoms with Gasteiger partial charge in [-0.05, 0) is 73.9 Å². The van der Waals surface area contributed by atoms with Crippen LogP contribution in [-0.4, -0.2) is 38.1 Å². The summed E-state index contributed by atoms with van der Waals surface area (Å²) in [6.45, 7) is 5.50. The van der Waals surface area contributed by atoms with Crippen molar-refractivity contribution in [2.45, 2.75) is 38.5 Å². The van der Waals surface area contributed by atoms with Crippen molar-refractivity contribution < 1.29 is 33.2 Å². The number of quaternary nitrogens is 2. The van der Waals surface area contributed by atoms with Gasteiger partial charge in [-0.2, -0.15) is 0 Å². The lowest BCUT2D eigenvalue weighted by molar-refractivity contribution is -0.662. The zero-order valence-corrected chi connectivity index (χ0v) is 19.6. The van der Waals surface area contributed by atoms with E-state index in [1.54, 1.807) is 0 Å². The summed E-state index contributed by atoms with van der Waals surface area (Å²) in [6, 6.07) is 7.51. The highest BCUT2D eigenvalue weighted by Gasteiger charge is 1.98. The Hall–Kier alpha value is -2.12. The molecule has 0 aliphatic carbocycles. The maximum atomic E-state index is 10.3. The Bertz CT molecular complexity index is 856. The topological polar surface area (TPSA) is 113 Å². The molecule has 176 valence electrons. The highest BCUT2D eigenvalue weighted by Crippen LogP contribution is 2.09. The number of piperidine rings is 2. The minimum absolute atomic E-state index is 0.0602. The summed E-state index contributed by atoms with van der Waals surface area (Å²) in [5.74, 6) is -2.65. The van der Waals surface area contributed by atoms with E-state index in [1.165, 1.54) is 95.0 Å². The molecule has 2 saturated heterocycles. The fraction of sp³-hybridized carbons (Fsp3) is 0.417. The molecule has 6 nitrogen and oxygen atoms in total. The first-order valence-corrected chi connectivity index (χ1v) is 11.6. The van der Waals surface area contributed by atoms with E-state index >= 15 is 0 Å². The van der Waals surface area contributed by atoms with Crippen molar-refractivity contribution in [3.63, 3.8) is 0 Å². The Morgan fingerprint density at radius 1 is 0.656 bits per heavy atom. The van der Waals surface area contributed by atoms with Gasteiger partial charge in [0, 0.05) is 10.0 Å². The van der Waals surface area contributed by atoms with Crippen molar-refractivity contribution in [2.75, 3.05) is 26.2 Å². The maximum Gasteiger partial charge on any atom is 0.0755 e. The summed E-state index contributed by atoms with van der Waals surface area (Å²) in [5, 5.41) is 25.8. The van der Waals surface area contributed by atoms with Crippen LogP contribution < -0.4 is 20.8 Å². The summed E-state index contributed by atoms with van der Waals surface area (Å²) >= 11 is 11.0. The van der Waals surface area contributed by atoms with Crippen molar-refractivity contribution in [1.82, 2.24) is 0 Å². The summed E-state index contributed by atoms with van der Waals surface area (Å²) in [4.78, 5) is 20.5. The van der Waals surface area contributed by atoms with Gasteiger partial charge in [0.15, 0.2) is 0 Å². The van der Waals surface area contributed by atoms with E-state index in [0.29, 0.717) is 5.02 Å². The van der Waals surface area contributed by atoms with Crippen molar-refractivity contribution in [1.29, 1.82) is 0 Å². The quantitative estimate of drug-likeness (QED) is 0.657. The molecule has 0 atom stereocenters. The van der Waals surface area contributed by atoms with E-state index in [4.69, 9.17) is 25.9 Å². The second-order valence-electron chi connectivity index (χ2n) is 7.28. The molecule has 0 amide bonds. The third-order valence-corrected chi connectivity index (χ3v) is 5.12. The highest BCUT2D eigenvalue weighted by molar-refractivity contribution is 6.30. The van der Waals surface area contributed by atoms with E-state index in [9.17, 15) is 19.8 Å². The van der Waals surface area contributed by atoms with Crippen LogP contribution in [0.3, 0.4) is 0 Å². The molecule has 4 rings (SSSR count). The number of carbonyl (C=O) groups excluding carboxylic acids is 2. The summed E-state index contributed by atoms with van der Waals surface area (Å²) in [7, 11) is 0. The molecular formula is C24H32Cl2N2O4.